The average Bonchev–Trinajstić information content (AvgIpc) is 2.40. The molecule has 0 bridgehead atoms. The second-order valence-electron chi connectivity index (χ2n) is 4.90. The van der Waals surface area contributed by atoms with Gasteiger partial charge >= 0.3 is 6.01 Å². The quantitative estimate of drug-likeness (QED) is 0.900. The number of sulfone groups is 1. The van der Waals surface area contributed by atoms with Crippen molar-refractivity contribution in [2.75, 3.05) is 6.26 Å². The van der Waals surface area contributed by atoms with Crippen LogP contribution in [-0.2, 0) is 16.3 Å². The summed E-state index contributed by atoms with van der Waals surface area (Å²) in [5, 5.41) is 0. The van der Waals surface area contributed by atoms with Gasteiger partial charge in [0, 0.05) is 24.7 Å². The highest BCUT2D eigenvalue weighted by Gasteiger charge is 2.07. The number of hydrogen-bond acceptors (Lipinski definition) is 6. The zero-order valence-electron chi connectivity index (χ0n) is 11.9. The summed E-state index contributed by atoms with van der Waals surface area (Å²) >= 11 is 0. The number of hydrogen-bond donors (Lipinski definition) is 1. The van der Waals surface area contributed by atoms with Crippen molar-refractivity contribution in [3.8, 4) is 11.8 Å². The molecule has 1 aromatic heterocycles. The molecule has 0 aliphatic heterocycles. The van der Waals surface area contributed by atoms with Crippen LogP contribution in [-0.4, -0.2) is 30.7 Å². The van der Waals surface area contributed by atoms with Crippen molar-refractivity contribution in [2.45, 2.75) is 24.3 Å². The minimum atomic E-state index is -3.21. The van der Waals surface area contributed by atoms with E-state index in [0.29, 0.717) is 12.2 Å². The molecule has 2 aromatic rings. The molecule has 7 heteroatoms. The number of aromatic nitrogens is 2. The molecule has 0 fully saturated rings. The lowest BCUT2D eigenvalue weighted by atomic mass is 10.1. The van der Waals surface area contributed by atoms with E-state index in [4.69, 9.17) is 10.5 Å². The summed E-state index contributed by atoms with van der Waals surface area (Å²) in [6.45, 7) is 1.91. The van der Waals surface area contributed by atoms with Gasteiger partial charge in [-0.1, -0.05) is 0 Å². The van der Waals surface area contributed by atoms with Crippen LogP contribution in [0.25, 0.3) is 0 Å². The molecule has 112 valence electrons. The van der Waals surface area contributed by atoms with Crippen LogP contribution >= 0.6 is 0 Å². The number of ether oxygens (including phenoxy) is 1. The van der Waals surface area contributed by atoms with Crippen molar-refractivity contribution in [3.05, 3.63) is 42.2 Å². The number of benzene rings is 1. The fourth-order valence-electron chi connectivity index (χ4n) is 1.73. The van der Waals surface area contributed by atoms with Crippen molar-refractivity contribution in [1.29, 1.82) is 0 Å². The van der Waals surface area contributed by atoms with Crippen LogP contribution in [0.5, 0.6) is 11.8 Å². The predicted molar refractivity (Wildman–Crippen MR) is 79.0 cm³/mol. The molecule has 0 spiro atoms. The molecular formula is C14H17N3O3S. The molecule has 0 saturated carbocycles. The zero-order chi connectivity index (χ0) is 15.5. The van der Waals surface area contributed by atoms with Gasteiger partial charge < -0.3 is 10.5 Å². The van der Waals surface area contributed by atoms with Gasteiger partial charge in [0.1, 0.15) is 5.75 Å². The minimum absolute atomic E-state index is 0.0453. The minimum Gasteiger partial charge on any atom is -0.424 e. The summed E-state index contributed by atoms with van der Waals surface area (Å²) < 4.78 is 28.2. The first-order chi connectivity index (χ1) is 9.84. The van der Waals surface area contributed by atoms with Crippen LogP contribution < -0.4 is 10.5 Å². The van der Waals surface area contributed by atoms with Crippen molar-refractivity contribution in [1.82, 2.24) is 9.97 Å². The molecule has 1 unspecified atom stereocenters. The van der Waals surface area contributed by atoms with E-state index in [1.165, 1.54) is 12.1 Å². The first-order valence-corrected chi connectivity index (χ1v) is 8.28. The summed E-state index contributed by atoms with van der Waals surface area (Å²) in [5.41, 5.74) is 6.63. The van der Waals surface area contributed by atoms with E-state index >= 15 is 0 Å². The lowest BCUT2D eigenvalue weighted by Crippen LogP contribution is -2.17. The lowest BCUT2D eigenvalue weighted by molar-refractivity contribution is 0.440. The number of rotatable bonds is 5. The summed E-state index contributed by atoms with van der Waals surface area (Å²) in [5.74, 6) is 0.474. The van der Waals surface area contributed by atoms with E-state index < -0.39 is 9.84 Å². The van der Waals surface area contributed by atoms with Gasteiger partial charge in [0.15, 0.2) is 9.84 Å². The van der Waals surface area contributed by atoms with Gasteiger partial charge in [0.25, 0.3) is 0 Å². The smallest absolute Gasteiger partial charge is 0.321 e. The Morgan fingerprint density at radius 2 is 1.76 bits per heavy atom. The van der Waals surface area contributed by atoms with Crippen LogP contribution in [0.2, 0.25) is 0 Å². The first-order valence-electron chi connectivity index (χ1n) is 6.39. The van der Waals surface area contributed by atoms with Gasteiger partial charge in [-0.3, -0.25) is 0 Å². The monoisotopic (exact) mass is 307 g/mol. The van der Waals surface area contributed by atoms with E-state index in [2.05, 4.69) is 9.97 Å². The third-order valence-electron chi connectivity index (χ3n) is 2.70. The molecule has 0 saturated heterocycles. The van der Waals surface area contributed by atoms with E-state index in [-0.39, 0.29) is 16.9 Å². The van der Waals surface area contributed by atoms with Crippen LogP contribution in [0.4, 0.5) is 0 Å². The van der Waals surface area contributed by atoms with Crippen LogP contribution in [0.15, 0.2) is 41.6 Å². The molecule has 6 nitrogen and oxygen atoms in total. The van der Waals surface area contributed by atoms with Crippen LogP contribution in [0, 0.1) is 0 Å². The van der Waals surface area contributed by atoms with Gasteiger partial charge in [0.05, 0.1) is 4.90 Å². The molecule has 2 N–H and O–H groups in total. The van der Waals surface area contributed by atoms with Gasteiger partial charge in [-0.2, -0.15) is 0 Å². The number of nitrogens with zero attached hydrogens (tertiary/aromatic N) is 2. The Kier molecular flexibility index (Phi) is 4.54. The Morgan fingerprint density at radius 3 is 2.24 bits per heavy atom. The Morgan fingerprint density at radius 1 is 1.19 bits per heavy atom. The van der Waals surface area contributed by atoms with E-state index in [1.54, 1.807) is 24.5 Å². The summed E-state index contributed by atoms with van der Waals surface area (Å²) in [6.07, 6.45) is 5.18. The van der Waals surface area contributed by atoms with Crippen molar-refractivity contribution >= 4 is 9.84 Å². The van der Waals surface area contributed by atoms with Gasteiger partial charge in [-0.25, -0.2) is 18.4 Å². The fraction of sp³-hybridized carbons (Fsp3) is 0.286. The first kappa shape index (κ1) is 15.4. The maximum Gasteiger partial charge on any atom is 0.321 e. The summed E-state index contributed by atoms with van der Waals surface area (Å²) in [4.78, 5) is 8.42. The van der Waals surface area contributed by atoms with Gasteiger partial charge in [-0.05, 0) is 43.2 Å². The van der Waals surface area contributed by atoms with Gasteiger partial charge in [-0.15, -0.1) is 0 Å². The maximum absolute atomic E-state index is 11.4. The Balaban J connectivity index is 2.08. The van der Waals surface area contributed by atoms with Crippen LogP contribution in [0.1, 0.15) is 12.5 Å². The number of nitrogens with two attached hydrogens (primary N) is 1. The highest BCUT2D eigenvalue weighted by molar-refractivity contribution is 7.90. The second kappa shape index (κ2) is 6.19. The second-order valence-corrected chi connectivity index (χ2v) is 6.92. The summed E-state index contributed by atoms with van der Waals surface area (Å²) in [6, 6.07) is 6.34. The standard InChI is InChI=1S/C14H17N3O3S/c1-10(15)7-11-8-16-14(17-9-11)20-12-3-5-13(6-4-12)21(2,18)19/h3-6,8-10H,7,15H2,1-2H3. The zero-order valence-corrected chi connectivity index (χ0v) is 12.7. The van der Waals surface area contributed by atoms with Crippen molar-refractivity contribution < 1.29 is 13.2 Å². The third-order valence-corrected chi connectivity index (χ3v) is 3.83. The molecule has 1 heterocycles. The van der Waals surface area contributed by atoms with Crippen molar-refractivity contribution in [2.24, 2.45) is 5.73 Å². The molecular weight excluding hydrogens is 290 g/mol. The van der Waals surface area contributed by atoms with E-state index in [9.17, 15) is 8.42 Å². The Bertz CT molecular complexity index is 695. The molecule has 1 atom stereocenters. The molecule has 0 aliphatic carbocycles. The normalized spacial score (nSPS) is 12.9. The molecule has 2 rings (SSSR count). The van der Waals surface area contributed by atoms with E-state index in [0.717, 1.165) is 11.8 Å². The molecule has 0 aliphatic rings. The SMILES string of the molecule is CC(N)Cc1cnc(Oc2ccc(S(C)(=O)=O)cc2)nc1. The Labute approximate surface area is 123 Å². The molecule has 0 radical (unpaired) electrons. The van der Waals surface area contributed by atoms with Gasteiger partial charge in [0.2, 0.25) is 0 Å². The highest BCUT2D eigenvalue weighted by Crippen LogP contribution is 2.20. The molecule has 21 heavy (non-hydrogen) atoms. The van der Waals surface area contributed by atoms with Crippen molar-refractivity contribution in [3.63, 3.8) is 0 Å². The van der Waals surface area contributed by atoms with Crippen LogP contribution in [0.3, 0.4) is 0 Å². The Hall–Kier alpha value is -1.99. The maximum atomic E-state index is 11.4. The largest absolute Gasteiger partial charge is 0.424 e. The molecule has 1 aromatic carbocycles. The van der Waals surface area contributed by atoms with E-state index in [1.807, 2.05) is 6.92 Å². The predicted octanol–water partition coefficient (Wildman–Crippen LogP) is 1.56. The highest BCUT2D eigenvalue weighted by atomic mass is 32.2. The third kappa shape index (κ3) is 4.51. The molecule has 0 amide bonds. The topological polar surface area (TPSA) is 95.2 Å². The lowest BCUT2D eigenvalue weighted by Gasteiger charge is -2.06. The average molecular weight is 307 g/mol. The fourth-order valence-corrected chi connectivity index (χ4v) is 2.36. The summed E-state index contributed by atoms with van der Waals surface area (Å²) in [7, 11) is -3.21.